The minimum Gasteiger partial charge on any atom is -0.436 e. The van der Waals surface area contributed by atoms with E-state index < -0.39 is 0 Å². The molecule has 4 nitrogen and oxygen atoms in total. The third-order valence-electron chi connectivity index (χ3n) is 2.32. The van der Waals surface area contributed by atoms with E-state index >= 15 is 0 Å². The maximum atomic E-state index is 5.76. The number of aromatic nitrogens is 3. The zero-order chi connectivity index (χ0) is 12.5. The smallest absolute Gasteiger partial charge is 0.264 e. The fourth-order valence-corrected chi connectivity index (χ4v) is 2.34. The number of ether oxygens (including phenoxy) is 1. The number of nitrogens with zero attached hydrogens (tertiary/aromatic N) is 3. The van der Waals surface area contributed by atoms with Gasteiger partial charge in [-0.2, -0.15) is 0 Å². The van der Waals surface area contributed by atoms with Crippen LogP contribution in [0.25, 0.3) is 5.65 Å². The Bertz CT molecular complexity index is 711. The highest BCUT2D eigenvalue weighted by atomic mass is 79.9. The Hall–Kier alpha value is -1.40. The molecular weight excluding hydrogens is 362 g/mol. The molecule has 0 aliphatic heterocycles. The first-order valence-electron chi connectivity index (χ1n) is 5.15. The summed E-state index contributed by atoms with van der Waals surface area (Å²) in [6, 6.07) is 7.58. The standard InChI is InChI=1S/C12H7Br2N3O/c13-8-2-1-3-9(6-8)18-12-11-15-4-5-17(11)7-10(14)16-12/h1-7H. The number of hydrogen-bond donors (Lipinski definition) is 0. The largest absolute Gasteiger partial charge is 0.436 e. The van der Waals surface area contributed by atoms with E-state index in [1.54, 1.807) is 6.20 Å². The van der Waals surface area contributed by atoms with Gasteiger partial charge >= 0.3 is 0 Å². The molecular formula is C12H7Br2N3O. The lowest BCUT2D eigenvalue weighted by Crippen LogP contribution is -1.94. The third kappa shape index (κ3) is 2.26. The van der Waals surface area contributed by atoms with E-state index in [4.69, 9.17) is 4.74 Å². The maximum Gasteiger partial charge on any atom is 0.264 e. The van der Waals surface area contributed by atoms with Crippen molar-refractivity contribution in [1.82, 2.24) is 14.4 Å². The van der Waals surface area contributed by atoms with Crippen LogP contribution in [0.1, 0.15) is 0 Å². The molecule has 0 radical (unpaired) electrons. The lowest BCUT2D eigenvalue weighted by atomic mass is 10.3. The minimum absolute atomic E-state index is 0.465. The second-order valence-corrected chi connectivity index (χ2v) is 5.31. The van der Waals surface area contributed by atoms with E-state index in [-0.39, 0.29) is 0 Å². The molecule has 0 spiro atoms. The van der Waals surface area contributed by atoms with Crippen LogP contribution >= 0.6 is 31.9 Å². The lowest BCUT2D eigenvalue weighted by molar-refractivity contribution is 0.463. The van der Waals surface area contributed by atoms with Crippen molar-refractivity contribution in [3.63, 3.8) is 0 Å². The quantitative estimate of drug-likeness (QED) is 0.685. The van der Waals surface area contributed by atoms with Crippen molar-refractivity contribution in [1.29, 1.82) is 0 Å². The van der Waals surface area contributed by atoms with Gasteiger partial charge in [-0.15, -0.1) is 0 Å². The Labute approximate surface area is 120 Å². The van der Waals surface area contributed by atoms with Crippen molar-refractivity contribution in [3.8, 4) is 11.6 Å². The fourth-order valence-electron chi connectivity index (χ4n) is 1.58. The average Bonchev–Trinajstić information content (AvgIpc) is 2.77. The highest BCUT2D eigenvalue weighted by molar-refractivity contribution is 9.10. The second-order valence-electron chi connectivity index (χ2n) is 3.59. The molecule has 0 saturated heterocycles. The van der Waals surface area contributed by atoms with Gasteiger partial charge in [0.25, 0.3) is 5.88 Å². The zero-order valence-electron chi connectivity index (χ0n) is 9.05. The monoisotopic (exact) mass is 367 g/mol. The molecule has 3 aromatic rings. The number of fused-ring (bicyclic) bond motifs is 1. The predicted octanol–water partition coefficient (Wildman–Crippen LogP) is 4.05. The molecule has 18 heavy (non-hydrogen) atoms. The van der Waals surface area contributed by atoms with Gasteiger partial charge in [-0.05, 0) is 34.1 Å². The molecule has 0 saturated carbocycles. The van der Waals surface area contributed by atoms with Gasteiger partial charge < -0.3 is 4.74 Å². The minimum atomic E-state index is 0.465. The van der Waals surface area contributed by atoms with Crippen LogP contribution in [0.2, 0.25) is 0 Å². The molecule has 0 N–H and O–H groups in total. The number of imidazole rings is 1. The molecule has 6 heteroatoms. The van der Waals surface area contributed by atoms with Crippen LogP contribution in [-0.4, -0.2) is 14.4 Å². The van der Waals surface area contributed by atoms with E-state index in [1.807, 2.05) is 41.1 Å². The molecule has 0 atom stereocenters. The van der Waals surface area contributed by atoms with Gasteiger partial charge in [0, 0.05) is 23.1 Å². The fraction of sp³-hybridized carbons (Fsp3) is 0. The molecule has 0 aliphatic rings. The molecule has 2 aromatic heterocycles. The molecule has 0 aliphatic carbocycles. The average molecular weight is 369 g/mol. The summed E-state index contributed by atoms with van der Waals surface area (Å²) in [6.07, 6.45) is 5.38. The number of halogens is 2. The Morgan fingerprint density at radius 3 is 2.94 bits per heavy atom. The Morgan fingerprint density at radius 2 is 2.11 bits per heavy atom. The first-order valence-corrected chi connectivity index (χ1v) is 6.73. The van der Waals surface area contributed by atoms with Crippen LogP contribution in [0, 0.1) is 0 Å². The lowest BCUT2D eigenvalue weighted by Gasteiger charge is -2.06. The van der Waals surface area contributed by atoms with Crippen LogP contribution in [-0.2, 0) is 0 Å². The molecule has 3 rings (SSSR count). The summed E-state index contributed by atoms with van der Waals surface area (Å²) in [5.41, 5.74) is 0.679. The Morgan fingerprint density at radius 1 is 1.22 bits per heavy atom. The highest BCUT2D eigenvalue weighted by Crippen LogP contribution is 2.26. The summed E-state index contributed by atoms with van der Waals surface area (Å²) >= 11 is 6.75. The van der Waals surface area contributed by atoms with Crippen LogP contribution in [0.4, 0.5) is 0 Å². The summed E-state index contributed by atoms with van der Waals surface area (Å²) < 4.78 is 9.25. The number of rotatable bonds is 2. The molecule has 0 amide bonds. The van der Waals surface area contributed by atoms with Crippen molar-refractivity contribution in [2.45, 2.75) is 0 Å². The molecule has 0 bridgehead atoms. The number of hydrogen-bond acceptors (Lipinski definition) is 3. The first-order chi connectivity index (χ1) is 8.72. The normalized spacial score (nSPS) is 10.8. The van der Waals surface area contributed by atoms with Crippen molar-refractivity contribution in [2.24, 2.45) is 0 Å². The summed E-state index contributed by atoms with van der Waals surface area (Å²) in [7, 11) is 0. The van der Waals surface area contributed by atoms with E-state index in [0.29, 0.717) is 21.9 Å². The first kappa shape index (κ1) is 11.7. The summed E-state index contributed by atoms with van der Waals surface area (Å²) in [5.74, 6) is 1.17. The van der Waals surface area contributed by atoms with Crippen molar-refractivity contribution < 1.29 is 4.74 Å². The highest BCUT2D eigenvalue weighted by Gasteiger charge is 2.08. The summed E-state index contributed by atoms with van der Waals surface area (Å²) in [5, 5.41) is 0. The molecule has 90 valence electrons. The van der Waals surface area contributed by atoms with E-state index in [0.717, 1.165) is 4.47 Å². The zero-order valence-corrected chi connectivity index (χ0v) is 12.2. The summed E-state index contributed by atoms with van der Waals surface area (Å²) in [6.45, 7) is 0. The van der Waals surface area contributed by atoms with Gasteiger partial charge in [-0.25, -0.2) is 9.97 Å². The predicted molar refractivity (Wildman–Crippen MR) is 74.9 cm³/mol. The number of benzene rings is 1. The summed E-state index contributed by atoms with van der Waals surface area (Å²) in [4.78, 5) is 8.52. The van der Waals surface area contributed by atoms with Crippen molar-refractivity contribution in [2.75, 3.05) is 0 Å². The van der Waals surface area contributed by atoms with E-state index in [1.165, 1.54) is 0 Å². The van der Waals surface area contributed by atoms with Crippen LogP contribution in [0.15, 0.2) is 51.9 Å². The van der Waals surface area contributed by atoms with Crippen LogP contribution in [0.3, 0.4) is 0 Å². The van der Waals surface area contributed by atoms with E-state index in [9.17, 15) is 0 Å². The van der Waals surface area contributed by atoms with Gasteiger partial charge in [0.15, 0.2) is 0 Å². The van der Waals surface area contributed by atoms with Gasteiger partial charge in [-0.1, -0.05) is 22.0 Å². The maximum absolute atomic E-state index is 5.76. The third-order valence-corrected chi connectivity index (χ3v) is 3.20. The molecule has 2 heterocycles. The van der Waals surface area contributed by atoms with Crippen molar-refractivity contribution in [3.05, 3.63) is 51.9 Å². The van der Waals surface area contributed by atoms with Gasteiger partial charge in [-0.3, -0.25) is 4.40 Å². The van der Waals surface area contributed by atoms with Crippen LogP contribution < -0.4 is 4.74 Å². The molecule has 0 unspecified atom stereocenters. The van der Waals surface area contributed by atoms with Crippen LogP contribution in [0.5, 0.6) is 11.6 Å². The Balaban J connectivity index is 2.06. The van der Waals surface area contributed by atoms with Crippen molar-refractivity contribution >= 4 is 37.5 Å². The Kier molecular flexibility index (Phi) is 3.05. The molecule has 0 fully saturated rings. The van der Waals surface area contributed by atoms with Gasteiger partial charge in [0.05, 0.1) is 0 Å². The van der Waals surface area contributed by atoms with E-state index in [2.05, 4.69) is 41.8 Å². The van der Waals surface area contributed by atoms with Gasteiger partial charge in [0.1, 0.15) is 10.4 Å². The van der Waals surface area contributed by atoms with Gasteiger partial charge in [0.2, 0.25) is 5.65 Å². The molecule has 1 aromatic carbocycles. The topological polar surface area (TPSA) is 39.4 Å². The SMILES string of the molecule is Brc1cccc(Oc2nc(Br)cn3ccnc23)c1. The second kappa shape index (κ2) is 4.70.